The Labute approximate surface area is 218 Å². The van der Waals surface area contributed by atoms with Crippen LogP contribution in [0.1, 0.15) is 50.4 Å². The third kappa shape index (κ3) is 5.41. The normalized spacial score (nSPS) is 15.2. The van der Waals surface area contributed by atoms with E-state index in [4.69, 9.17) is 14.2 Å². The van der Waals surface area contributed by atoms with Crippen molar-refractivity contribution in [1.29, 1.82) is 0 Å². The minimum atomic E-state index is -0.664. The minimum Gasteiger partial charge on any atom is -0.490 e. The number of carbonyl (C=O) groups is 2. The topological polar surface area (TPSA) is 96.2 Å². The maximum atomic E-state index is 13.7. The molecule has 4 rings (SSSR count). The minimum absolute atomic E-state index is 0.214. The summed E-state index contributed by atoms with van der Waals surface area (Å²) in [5.74, 6) is -0.240. The van der Waals surface area contributed by atoms with E-state index in [1.807, 2.05) is 38.1 Å². The Bertz CT molecular complexity index is 1560. The fourth-order valence-electron chi connectivity index (χ4n) is 4.13. The van der Waals surface area contributed by atoms with Crippen LogP contribution in [0.3, 0.4) is 0 Å². The van der Waals surface area contributed by atoms with Crippen molar-refractivity contribution in [3.8, 4) is 11.5 Å². The molecule has 0 N–H and O–H groups in total. The van der Waals surface area contributed by atoms with Gasteiger partial charge in [-0.15, -0.1) is 0 Å². The third-order valence-electron chi connectivity index (χ3n) is 5.73. The molecule has 1 aliphatic rings. The van der Waals surface area contributed by atoms with Gasteiger partial charge in [-0.1, -0.05) is 47.2 Å². The van der Waals surface area contributed by atoms with E-state index in [-0.39, 0.29) is 12.2 Å². The molecular formula is C28H28N2O6S. The molecule has 0 radical (unpaired) electrons. The summed E-state index contributed by atoms with van der Waals surface area (Å²) in [5, 5.41) is 0. The number of carbonyl (C=O) groups excluding carboxylic acids is 2. The number of rotatable bonds is 7. The lowest BCUT2D eigenvalue weighted by Gasteiger charge is -2.24. The van der Waals surface area contributed by atoms with Crippen molar-refractivity contribution in [2.45, 2.75) is 40.7 Å². The zero-order chi connectivity index (χ0) is 26.7. The number of aromatic nitrogens is 1. The van der Waals surface area contributed by atoms with Gasteiger partial charge >= 0.3 is 11.9 Å². The number of esters is 2. The zero-order valence-electron chi connectivity index (χ0n) is 21.4. The van der Waals surface area contributed by atoms with Crippen LogP contribution in [-0.4, -0.2) is 29.7 Å². The number of hydrogen-bond acceptors (Lipinski definition) is 8. The number of thiazole rings is 1. The van der Waals surface area contributed by atoms with Crippen LogP contribution >= 0.6 is 11.3 Å². The highest BCUT2D eigenvalue weighted by atomic mass is 32.1. The lowest BCUT2D eigenvalue weighted by molar-refractivity contribution is -0.139. The fourth-order valence-corrected chi connectivity index (χ4v) is 5.18. The van der Waals surface area contributed by atoms with E-state index in [0.717, 1.165) is 11.1 Å². The van der Waals surface area contributed by atoms with E-state index >= 15 is 0 Å². The number of benzene rings is 2. The largest absolute Gasteiger partial charge is 0.490 e. The molecule has 1 atom stereocenters. The average Bonchev–Trinajstić information content (AvgIpc) is 3.14. The van der Waals surface area contributed by atoms with Crippen molar-refractivity contribution in [2.24, 2.45) is 4.99 Å². The summed E-state index contributed by atoms with van der Waals surface area (Å²) in [6.45, 7) is 9.22. The predicted molar refractivity (Wildman–Crippen MR) is 140 cm³/mol. The van der Waals surface area contributed by atoms with Crippen LogP contribution in [0.5, 0.6) is 11.5 Å². The molecule has 192 valence electrons. The lowest BCUT2D eigenvalue weighted by Crippen LogP contribution is -2.39. The van der Waals surface area contributed by atoms with Crippen molar-refractivity contribution in [3.05, 3.63) is 90.1 Å². The van der Waals surface area contributed by atoms with Gasteiger partial charge in [-0.3, -0.25) is 14.2 Å². The van der Waals surface area contributed by atoms with E-state index < -0.39 is 18.0 Å². The molecule has 0 unspecified atom stereocenters. The van der Waals surface area contributed by atoms with Gasteiger partial charge in [-0.25, -0.2) is 9.79 Å². The second-order valence-electron chi connectivity index (χ2n) is 8.45. The van der Waals surface area contributed by atoms with Crippen molar-refractivity contribution >= 4 is 29.4 Å². The van der Waals surface area contributed by atoms with Gasteiger partial charge in [0, 0.05) is 6.92 Å². The van der Waals surface area contributed by atoms with Crippen molar-refractivity contribution < 1.29 is 23.8 Å². The fraction of sp³-hybridized carbons (Fsp3) is 0.286. The molecule has 0 spiro atoms. The van der Waals surface area contributed by atoms with Gasteiger partial charge in [0.05, 0.1) is 35.1 Å². The zero-order valence-corrected chi connectivity index (χ0v) is 22.2. The summed E-state index contributed by atoms with van der Waals surface area (Å²) in [6.07, 6.45) is 1.74. The maximum absolute atomic E-state index is 13.7. The lowest BCUT2D eigenvalue weighted by atomic mass is 9.95. The molecule has 37 heavy (non-hydrogen) atoms. The SMILES string of the molecule is CCOC(=O)C1=C(C)N=c2s/c(=C/c3ccc(OC(C)=O)c(OCC)c3)c(=O)n2[C@H]1c1ccc(C)cc1. The molecule has 0 saturated heterocycles. The Morgan fingerprint density at radius 3 is 2.43 bits per heavy atom. The van der Waals surface area contributed by atoms with Crippen LogP contribution in [0.4, 0.5) is 0 Å². The van der Waals surface area contributed by atoms with Gasteiger partial charge < -0.3 is 14.2 Å². The molecule has 1 aliphatic heterocycles. The quantitative estimate of drug-likeness (QED) is 0.350. The van der Waals surface area contributed by atoms with Crippen molar-refractivity contribution in [1.82, 2.24) is 4.57 Å². The van der Waals surface area contributed by atoms with Crippen LogP contribution < -0.4 is 24.4 Å². The first-order valence-electron chi connectivity index (χ1n) is 11.9. The standard InChI is InChI=1S/C28H28N2O6S/c1-6-34-22-14-19(10-13-21(22)36-18(5)31)15-23-26(32)30-25(20-11-8-16(3)9-12-20)24(27(33)35-7-2)17(4)29-28(30)37-23/h8-15,25H,6-7H2,1-5H3/b23-15+/t25-/m0/s1. The van der Waals surface area contributed by atoms with Crippen molar-refractivity contribution in [3.63, 3.8) is 0 Å². The van der Waals surface area contributed by atoms with Gasteiger partial charge in [0.1, 0.15) is 0 Å². The summed E-state index contributed by atoms with van der Waals surface area (Å²) in [6, 6.07) is 12.1. The molecule has 0 aliphatic carbocycles. The molecule has 0 bridgehead atoms. The van der Waals surface area contributed by atoms with Crippen LogP contribution in [0.15, 0.2) is 63.5 Å². The number of fused-ring (bicyclic) bond motifs is 1. The first-order valence-corrected chi connectivity index (χ1v) is 12.8. The van der Waals surface area contributed by atoms with E-state index in [1.54, 1.807) is 42.7 Å². The molecule has 1 aromatic heterocycles. The molecule has 8 nitrogen and oxygen atoms in total. The van der Waals surface area contributed by atoms with Crippen LogP contribution in [-0.2, 0) is 14.3 Å². The smallest absolute Gasteiger partial charge is 0.338 e. The molecule has 3 aromatic rings. The molecule has 0 fully saturated rings. The summed E-state index contributed by atoms with van der Waals surface area (Å²) in [4.78, 5) is 43.2. The van der Waals surface area contributed by atoms with E-state index in [9.17, 15) is 14.4 Å². The number of hydrogen-bond donors (Lipinski definition) is 0. The second kappa shape index (κ2) is 11.0. The molecule has 2 aromatic carbocycles. The highest BCUT2D eigenvalue weighted by Crippen LogP contribution is 2.31. The summed E-state index contributed by atoms with van der Waals surface area (Å²) in [7, 11) is 0. The van der Waals surface area contributed by atoms with E-state index in [1.165, 1.54) is 18.3 Å². The van der Waals surface area contributed by atoms with Crippen molar-refractivity contribution in [2.75, 3.05) is 13.2 Å². The number of nitrogens with zero attached hydrogens (tertiary/aromatic N) is 2. The number of allylic oxidation sites excluding steroid dienone is 1. The van der Waals surface area contributed by atoms with Gasteiger partial charge in [0.25, 0.3) is 5.56 Å². The summed E-state index contributed by atoms with van der Waals surface area (Å²) < 4.78 is 18.2. The highest BCUT2D eigenvalue weighted by molar-refractivity contribution is 7.07. The summed E-state index contributed by atoms with van der Waals surface area (Å²) >= 11 is 1.24. The van der Waals surface area contributed by atoms with E-state index in [0.29, 0.717) is 44.3 Å². The Morgan fingerprint density at radius 2 is 1.78 bits per heavy atom. The Morgan fingerprint density at radius 1 is 1.05 bits per heavy atom. The van der Waals surface area contributed by atoms with Crippen LogP contribution in [0.25, 0.3) is 6.08 Å². The maximum Gasteiger partial charge on any atom is 0.338 e. The Balaban J connectivity index is 1.88. The first kappa shape index (κ1) is 26.1. The van der Waals surface area contributed by atoms with Gasteiger partial charge in [-0.05, 0) is 57.0 Å². The van der Waals surface area contributed by atoms with Gasteiger partial charge in [0.15, 0.2) is 16.3 Å². The molecule has 0 amide bonds. The van der Waals surface area contributed by atoms with Gasteiger partial charge in [0.2, 0.25) is 0 Å². The van der Waals surface area contributed by atoms with Crippen LogP contribution in [0, 0.1) is 6.92 Å². The molecular weight excluding hydrogens is 492 g/mol. The Hall–Kier alpha value is -3.98. The Kier molecular flexibility index (Phi) is 7.73. The molecule has 2 heterocycles. The number of aryl methyl sites for hydroxylation is 1. The van der Waals surface area contributed by atoms with Crippen LogP contribution in [0.2, 0.25) is 0 Å². The van der Waals surface area contributed by atoms with Gasteiger partial charge in [-0.2, -0.15) is 0 Å². The highest BCUT2D eigenvalue weighted by Gasteiger charge is 2.33. The third-order valence-corrected chi connectivity index (χ3v) is 6.71. The second-order valence-corrected chi connectivity index (χ2v) is 9.45. The molecule has 0 saturated carbocycles. The predicted octanol–water partition coefficient (Wildman–Crippen LogP) is 3.43. The summed E-state index contributed by atoms with van der Waals surface area (Å²) in [5.41, 5.74) is 3.13. The molecule has 9 heteroatoms. The monoisotopic (exact) mass is 520 g/mol. The number of ether oxygens (including phenoxy) is 3. The van der Waals surface area contributed by atoms with E-state index in [2.05, 4.69) is 4.99 Å². The average molecular weight is 521 g/mol. The first-order chi connectivity index (χ1) is 17.7.